The first kappa shape index (κ1) is 19.8. The molecule has 0 aliphatic rings. The smallest absolute Gasteiger partial charge is 0.244 e. The minimum absolute atomic E-state index is 0.356. The van der Waals surface area contributed by atoms with Gasteiger partial charge in [0.1, 0.15) is 0 Å². The zero-order valence-corrected chi connectivity index (χ0v) is 16.1. The summed E-state index contributed by atoms with van der Waals surface area (Å²) in [5, 5.41) is 0. The number of primary amides is 1. The van der Waals surface area contributed by atoms with E-state index in [-0.39, 0.29) is 5.91 Å². The summed E-state index contributed by atoms with van der Waals surface area (Å²) >= 11 is 0. The molecule has 1 amide bonds. The van der Waals surface area contributed by atoms with Crippen LogP contribution in [0.5, 0.6) is 0 Å². The predicted octanol–water partition coefficient (Wildman–Crippen LogP) is 4.37. The molecule has 0 bridgehead atoms. The fraction of sp³-hybridized carbons (Fsp3) is 0.348. The molecule has 0 atom stereocenters. The standard InChI is InChI=1S/C23H30N2O/c1-18(2)17-25(16-15-19(3)23(24)26)22-13-11-21(12-14-22)10-9-20-7-5-4-6-8-20/h4-8,11-15,18H,9-10,16-17H2,1-3H3,(H2,24,26). The molecule has 0 fully saturated rings. The van der Waals surface area contributed by atoms with Crippen LogP contribution in [0.3, 0.4) is 0 Å². The minimum Gasteiger partial charge on any atom is -0.368 e. The number of carbonyl (C=O) groups is 1. The summed E-state index contributed by atoms with van der Waals surface area (Å²) in [5.41, 5.74) is 9.83. The third kappa shape index (κ3) is 6.40. The Kier molecular flexibility index (Phi) is 7.46. The van der Waals surface area contributed by atoms with Crippen LogP contribution >= 0.6 is 0 Å². The Hall–Kier alpha value is -2.55. The summed E-state index contributed by atoms with van der Waals surface area (Å²) in [5.74, 6) is 0.181. The van der Waals surface area contributed by atoms with E-state index in [1.54, 1.807) is 6.92 Å². The van der Waals surface area contributed by atoms with Crippen LogP contribution in [0.15, 0.2) is 66.2 Å². The molecule has 2 N–H and O–H groups in total. The van der Waals surface area contributed by atoms with Gasteiger partial charge in [-0.15, -0.1) is 0 Å². The Labute approximate surface area is 157 Å². The first-order chi connectivity index (χ1) is 12.5. The van der Waals surface area contributed by atoms with E-state index in [1.165, 1.54) is 16.8 Å². The molecular formula is C23H30N2O. The van der Waals surface area contributed by atoms with Crippen molar-refractivity contribution in [2.45, 2.75) is 33.6 Å². The summed E-state index contributed by atoms with van der Waals surface area (Å²) in [6, 6.07) is 19.3. The van der Waals surface area contributed by atoms with E-state index in [4.69, 9.17) is 5.73 Å². The number of carbonyl (C=O) groups excluding carboxylic acids is 1. The van der Waals surface area contributed by atoms with Gasteiger partial charge in [0.2, 0.25) is 5.91 Å². The van der Waals surface area contributed by atoms with E-state index in [0.717, 1.165) is 19.4 Å². The van der Waals surface area contributed by atoms with Crippen LogP contribution in [0, 0.1) is 5.92 Å². The van der Waals surface area contributed by atoms with Gasteiger partial charge >= 0.3 is 0 Å². The highest BCUT2D eigenvalue weighted by atomic mass is 16.1. The Morgan fingerprint density at radius 3 is 2.12 bits per heavy atom. The number of hydrogen-bond donors (Lipinski definition) is 1. The molecule has 2 aromatic carbocycles. The van der Waals surface area contributed by atoms with Gasteiger partial charge in [-0.1, -0.05) is 62.4 Å². The Balaban J connectivity index is 2.03. The van der Waals surface area contributed by atoms with Crippen LogP contribution in [-0.2, 0) is 17.6 Å². The van der Waals surface area contributed by atoms with Gasteiger partial charge < -0.3 is 10.6 Å². The van der Waals surface area contributed by atoms with Crippen molar-refractivity contribution >= 4 is 11.6 Å². The van der Waals surface area contributed by atoms with Crippen molar-refractivity contribution in [1.82, 2.24) is 0 Å². The van der Waals surface area contributed by atoms with Crippen molar-refractivity contribution in [1.29, 1.82) is 0 Å². The van der Waals surface area contributed by atoms with Crippen molar-refractivity contribution in [3.8, 4) is 0 Å². The van der Waals surface area contributed by atoms with Gasteiger partial charge in [-0.25, -0.2) is 0 Å². The molecule has 0 heterocycles. The van der Waals surface area contributed by atoms with Crippen LogP contribution in [0.25, 0.3) is 0 Å². The molecule has 0 aromatic heterocycles. The van der Waals surface area contributed by atoms with E-state index < -0.39 is 0 Å². The largest absolute Gasteiger partial charge is 0.368 e. The zero-order valence-electron chi connectivity index (χ0n) is 16.1. The summed E-state index contributed by atoms with van der Waals surface area (Å²) in [6.45, 7) is 7.79. The Bertz CT molecular complexity index is 718. The maximum atomic E-state index is 11.2. The lowest BCUT2D eigenvalue weighted by atomic mass is 10.0. The maximum absolute atomic E-state index is 11.2. The minimum atomic E-state index is -0.356. The summed E-state index contributed by atoms with van der Waals surface area (Å²) < 4.78 is 0. The van der Waals surface area contributed by atoms with Gasteiger partial charge in [-0.05, 0) is 48.9 Å². The first-order valence-electron chi connectivity index (χ1n) is 9.30. The van der Waals surface area contributed by atoms with Crippen LogP contribution in [0.2, 0.25) is 0 Å². The van der Waals surface area contributed by atoms with Crippen LogP contribution in [0.4, 0.5) is 5.69 Å². The van der Waals surface area contributed by atoms with E-state index in [9.17, 15) is 4.79 Å². The highest BCUT2D eigenvalue weighted by Gasteiger charge is 2.09. The van der Waals surface area contributed by atoms with Gasteiger partial charge in [0.25, 0.3) is 0 Å². The maximum Gasteiger partial charge on any atom is 0.244 e. The number of benzene rings is 2. The number of amides is 1. The SMILES string of the molecule is CC(=CCN(CC(C)C)c1ccc(CCc2ccccc2)cc1)C(N)=O. The highest BCUT2D eigenvalue weighted by molar-refractivity contribution is 5.91. The van der Waals surface area contributed by atoms with E-state index in [1.807, 2.05) is 6.08 Å². The van der Waals surface area contributed by atoms with Crippen LogP contribution < -0.4 is 10.6 Å². The topological polar surface area (TPSA) is 46.3 Å². The molecule has 138 valence electrons. The molecule has 3 heteroatoms. The van der Waals surface area contributed by atoms with E-state index in [0.29, 0.717) is 18.0 Å². The third-order valence-corrected chi connectivity index (χ3v) is 4.44. The lowest BCUT2D eigenvalue weighted by Crippen LogP contribution is -2.28. The summed E-state index contributed by atoms with van der Waals surface area (Å²) in [6.07, 6.45) is 4.00. The van der Waals surface area contributed by atoms with Crippen LogP contribution in [-0.4, -0.2) is 19.0 Å². The van der Waals surface area contributed by atoms with E-state index >= 15 is 0 Å². The summed E-state index contributed by atoms with van der Waals surface area (Å²) in [4.78, 5) is 13.5. The lowest BCUT2D eigenvalue weighted by molar-refractivity contribution is -0.114. The van der Waals surface area contributed by atoms with E-state index in [2.05, 4.69) is 73.3 Å². The molecule has 2 rings (SSSR count). The zero-order chi connectivity index (χ0) is 18.9. The molecule has 2 aromatic rings. The second-order valence-corrected chi connectivity index (χ2v) is 7.20. The number of rotatable bonds is 9. The highest BCUT2D eigenvalue weighted by Crippen LogP contribution is 2.18. The number of nitrogens with zero attached hydrogens (tertiary/aromatic N) is 1. The molecule has 0 aliphatic carbocycles. The fourth-order valence-corrected chi connectivity index (χ4v) is 2.88. The molecule has 0 unspecified atom stereocenters. The number of nitrogens with two attached hydrogens (primary N) is 1. The molecule has 0 saturated heterocycles. The van der Waals surface area contributed by atoms with Crippen LogP contribution in [0.1, 0.15) is 31.9 Å². The van der Waals surface area contributed by atoms with Gasteiger partial charge in [0.05, 0.1) is 0 Å². The molecule has 0 radical (unpaired) electrons. The first-order valence-corrected chi connectivity index (χ1v) is 9.30. The lowest BCUT2D eigenvalue weighted by Gasteiger charge is -2.26. The average molecular weight is 351 g/mol. The molecule has 0 aliphatic heterocycles. The summed E-state index contributed by atoms with van der Waals surface area (Å²) in [7, 11) is 0. The van der Waals surface area contributed by atoms with Gasteiger partial charge in [0, 0.05) is 24.4 Å². The van der Waals surface area contributed by atoms with Crippen molar-refractivity contribution in [2.75, 3.05) is 18.0 Å². The molecular weight excluding hydrogens is 320 g/mol. The van der Waals surface area contributed by atoms with Crippen molar-refractivity contribution < 1.29 is 4.79 Å². The molecule has 26 heavy (non-hydrogen) atoms. The quantitative estimate of drug-likeness (QED) is 0.683. The normalized spacial score (nSPS) is 11.6. The predicted molar refractivity (Wildman–Crippen MR) is 110 cm³/mol. The second-order valence-electron chi connectivity index (χ2n) is 7.20. The molecule has 3 nitrogen and oxygen atoms in total. The molecule has 0 saturated carbocycles. The Morgan fingerprint density at radius 1 is 1.00 bits per heavy atom. The average Bonchev–Trinajstić information content (AvgIpc) is 2.64. The second kappa shape index (κ2) is 9.81. The van der Waals surface area contributed by atoms with Crippen molar-refractivity contribution in [2.24, 2.45) is 11.7 Å². The number of anilines is 1. The van der Waals surface area contributed by atoms with Gasteiger partial charge in [0.15, 0.2) is 0 Å². The number of aryl methyl sites for hydroxylation is 2. The van der Waals surface area contributed by atoms with Crippen molar-refractivity contribution in [3.05, 3.63) is 77.4 Å². The number of hydrogen-bond acceptors (Lipinski definition) is 2. The monoisotopic (exact) mass is 350 g/mol. The Morgan fingerprint density at radius 2 is 1.58 bits per heavy atom. The third-order valence-electron chi connectivity index (χ3n) is 4.44. The molecule has 0 spiro atoms. The van der Waals surface area contributed by atoms with Gasteiger partial charge in [-0.3, -0.25) is 4.79 Å². The fourth-order valence-electron chi connectivity index (χ4n) is 2.88. The van der Waals surface area contributed by atoms with Crippen molar-refractivity contribution in [3.63, 3.8) is 0 Å². The van der Waals surface area contributed by atoms with Gasteiger partial charge in [-0.2, -0.15) is 0 Å².